The minimum atomic E-state index is -0.413. The lowest BCUT2D eigenvalue weighted by atomic mass is 10.2. The summed E-state index contributed by atoms with van der Waals surface area (Å²) in [6.07, 6.45) is 1.73. The molecule has 0 spiro atoms. The lowest BCUT2D eigenvalue weighted by Gasteiger charge is -2.02. The third kappa shape index (κ3) is 2.10. The molecule has 4 rings (SSSR count). The Hall–Kier alpha value is -2.74. The first kappa shape index (κ1) is 14.8. The average molecular weight is 343 g/mol. The molecule has 24 heavy (non-hydrogen) atoms. The quantitative estimate of drug-likeness (QED) is 0.617. The van der Waals surface area contributed by atoms with Gasteiger partial charge in [0.1, 0.15) is 26.4 Å². The molecule has 6 nitrogen and oxygen atoms in total. The average Bonchev–Trinajstić information content (AvgIpc) is 3.17. The van der Waals surface area contributed by atoms with Gasteiger partial charge in [-0.3, -0.25) is 0 Å². The molecule has 0 bridgehead atoms. The first-order chi connectivity index (χ1) is 11.6. The molecule has 122 valence electrons. The summed E-state index contributed by atoms with van der Waals surface area (Å²) in [5.74, 6) is 0.502. The number of nitrogens with zero attached hydrogens (tertiary/aromatic N) is 4. The number of hydrogen-bond acceptors (Lipinski definition) is 6. The molecule has 0 saturated carbocycles. The van der Waals surface area contributed by atoms with Gasteiger partial charge in [-0.1, -0.05) is 11.3 Å². The van der Waals surface area contributed by atoms with Crippen LogP contribution in [0.15, 0.2) is 24.5 Å². The Kier molecular flexibility index (Phi) is 3.34. The van der Waals surface area contributed by atoms with E-state index in [0.29, 0.717) is 16.4 Å². The number of methoxy groups -OCH3 is 1. The van der Waals surface area contributed by atoms with Crippen molar-refractivity contribution in [3.05, 3.63) is 30.3 Å². The van der Waals surface area contributed by atoms with Crippen LogP contribution in [0.2, 0.25) is 0 Å². The standard InChI is InChI=1S/C16H14FN5OS/c1-18-14-11-13(22(2)7-19-11)12-16(21-14)24-15(20-12)8-4-5-10(23-3)9(17)6-8/h4-7H,1-3H3,(H,18,21). The van der Waals surface area contributed by atoms with Gasteiger partial charge >= 0.3 is 0 Å². The normalized spacial score (nSPS) is 11.3. The van der Waals surface area contributed by atoms with Crippen LogP contribution in [0.25, 0.3) is 32.0 Å². The van der Waals surface area contributed by atoms with Crippen LogP contribution in [0.4, 0.5) is 10.2 Å². The van der Waals surface area contributed by atoms with Gasteiger partial charge in [0.15, 0.2) is 17.4 Å². The number of fused-ring (bicyclic) bond motifs is 3. The highest BCUT2D eigenvalue weighted by atomic mass is 32.1. The summed E-state index contributed by atoms with van der Waals surface area (Å²) in [5.41, 5.74) is 3.13. The van der Waals surface area contributed by atoms with Gasteiger partial charge in [-0.05, 0) is 18.2 Å². The Labute approximate surface area is 140 Å². The number of rotatable bonds is 3. The second kappa shape index (κ2) is 5.41. The molecule has 0 aliphatic heterocycles. The molecule has 0 aliphatic rings. The lowest BCUT2D eigenvalue weighted by Crippen LogP contribution is -1.95. The number of halogens is 1. The largest absolute Gasteiger partial charge is 0.494 e. The zero-order valence-corrected chi connectivity index (χ0v) is 14.1. The summed E-state index contributed by atoms with van der Waals surface area (Å²) >= 11 is 1.42. The summed E-state index contributed by atoms with van der Waals surface area (Å²) in [6.45, 7) is 0. The first-order valence-corrected chi connectivity index (χ1v) is 8.07. The van der Waals surface area contributed by atoms with Crippen molar-refractivity contribution in [2.45, 2.75) is 0 Å². The van der Waals surface area contributed by atoms with Crippen LogP contribution >= 0.6 is 11.3 Å². The Morgan fingerprint density at radius 1 is 1.25 bits per heavy atom. The van der Waals surface area contributed by atoms with E-state index < -0.39 is 5.82 Å². The van der Waals surface area contributed by atoms with Crippen molar-refractivity contribution in [1.82, 2.24) is 19.5 Å². The molecular weight excluding hydrogens is 329 g/mol. The van der Waals surface area contributed by atoms with Crippen molar-refractivity contribution in [3.8, 4) is 16.3 Å². The predicted molar refractivity (Wildman–Crippen MR) is 93.2 cm³/mol. The summed E-state index contributed by atoms with van der Waals surface area (Å²) in [5, 5.41) is 3.77. The summed E-state index contributed by atoms with van der Waals surface area (Å²) in [4.78, 5) is 14.4. The lowest BCUT2D eigenvalue weighted by molar-refractivity contribution is 0.386. The monoisotopic (exact) mass is 343 g/mol. The maximum absolute atomic E-state index is 14.0. The maximum atomic E-state index is 14.0. The van der Waals surface area contributed by atoms with Crippen LogP contribution in [-0.4, -0.2) is 33.7 Å². The fourth-order valence-corrected chi connectivity index (χ4v) is 3.62. The molecule has 0 amide bonds. The number of pyridine rings is 1. The molecule has 0 saturated heterocycles. The Balaban J connectivity index is 1.97. The van der Waals surface area contributed by atoms with Gasteiger partial charge < -0.3 is 14.6 Å². The molecule has 3 heterocycles. The van der Waals surface area contributed by atoms with Crippen molar-refractivity contribution in [3.63, 3.8) is 0 Å². The smallest absolute Gasteiger partial charge is 0.165 e. The molecule has 1 N–H and O–H groups in total. The molecule has 0 radical (unpaired) electrons. The number of thiazole rings is 1. The van der Waals surface area contributed by atoms with Gasteiger partial charge in [0.25, 0.3) is 0 Å². The number of aromatic nitrogens is 4. The van der Waals surface area contributed by atoms with Crippen LogP contribution in [0.5, 0.6) is 5.75 Å². The summed E-state index contributed by atoms with van der Waals surface area (Å²) in [7, 11) is 5.17. The van der Waals surface area contributed by atoms with Crippen molar-refractivity contribution in [1.29, 1.82) is 0 Å². The fourth-order valence-electron chi connectivity index (χ4n) is 2.68. The van der Waals surface area contributed by atoms with E-state index in [1.54, 1.807) is 18.5 Å². The van der Waals surface area contributed by atoms with E-state index in [1.807, 2.05) is 18.7 Å². The van der Waals surface area contributed by atoms with Crippen molar-refractivity contribution >= 4 is 38.5 Å². The highest BCUT2D eigenvalue weighted by Crippen LogP contribution is 2.36. The van der Waals surface area contributed by atoms with E-state index in [4.69, 9.17) is 4.74 Å². The second-order valence-corrected chi connectivity index (χ2v) is 6.26. The summed E-state index contributed by atoms with van der Waals surface area (Å²) < 4.78 is 20.9. The summed E-state index contributed by atoms with van der Waals surface area (Å²) in [6, 6.07) is 4.82. The van der Waals surface area contributed by atoms with Gasteiger partial charge in [0.2, 0.25) is 0 Å². The zero-order chi connectivity index (χ0) is 16.8. The fraction of sp³-hybridized carbons (Fsp3) is 0.188. The molecule has 8 heteroatoms. The number of hydrogen-bond donors (Lipinski definition) is 1. The molecule has 4 aromatic rings. The molecule has 1 aromatic carbocycles. The van der Waals surface area contributed by atoms with E-state index in [-0.39, 0.29) is 5.75 Å². The van der Waals surface area contributed by atoms with Crippen LogP contribution < -0.4 is 10.1 Å². The molecule has 0 unspecified atom stereocenters. The van der Waals surface area contributed by atoms with Gasteiger partial charge in [-0.15, -0.1) is 0 Å². The predicted octanol–water partition coefficient (Wildman–Crippen LogP) is 3.43. The number of aryl methyl sites for hydroxylation is 1. The Morgan fingerprint density at radius 2 is 2.08 bits per heavy atom. The highest BCUT2D eigenvalue weighted by Gasteiger charge is 2.17. The van der Waals surface area contributed by atoms with E-state index in [9.17, 15) is 4.39 Å². The zero-order valence-electron chi connectivity index (χ0n) is 13.3. The second-order valence-electron chi connectivity index (χ2n) is 5.29. The van der Waals surface area contributed by atoms with Crippen molar-refractivity contribution in [2.24, 2.45) is 7.05 Å². The van der Waals surface area contributed by atoms with Crippen LogP contribution in [-0.2, 0) is 7.05 Å². The van der Waals surface area contributed by atoms with Crippen molar-refractivity contribution < 1.29 is 9.13 Å². The van der Waals surface area contributed by atoms with Crippen LogP contribution in [0, 0.1) is 5.82 Å². The topological polar surface area (TPSA) is 64.9 Å². The van der Waals surface area contributed by atoms with Crippen LogP contribution in [0.3, 0.4) is 0 Å². The number of imidazole rings is 1. The number of ether oxygens (including phenoxy) is 1. The molecular formula is C16H14FN5OS. The van der Waals surface area contributed by atoms with Gasteiger partial charge in [0, 0.05) is 19.7 Å². The minimum Gasteiger partial charge on any atom is -0.494 e. The van der Waals surface area contributed by atoms with E-state index in [2.05, 4.69) is 20.3 Å². The maximum Gasteiger partial charge on any atom is 0.165 e. The molecule has 0 fully saturated rings. The van der Waals surface area contributed by atoms with Gasteiger partial charge in [-0.2, -0.15) is 0 Å². The first-order valence-electron chi connectivity index (χ1n) is 7.25. The minimum absolute atomic E-state index is 0.212. The molecule has 0 aliphatic carbocycles. The number of anilines is 1. The number of benzene rings is 1. The van der Waals surface area contributed by atoms with Crippen LogP contribution in [0.1, 0.15) is 0 Å². The molecule has 3 aromatic heterocycles. The van der Waals surface area contributed by atoms with Crippen molar-refractivity contribution in [2.75, 3.05) is 19.5 Å². The van der Waals surface area contributed by atoms with E-state index in [1.165, 1.54) is 24.5 Å². The molecule has 0 atom stereocenters. The van der Waals surface area contributed by atoms with E-state index in [0.717, 1.165) is 21.4 Å². The third-order valence-electron chi connectivity index (χ3n) is 3.84. The SMILES string of the molecule is CNc1nc2sc(-c3ccc(OC)c(F)c3)nc2c2c1ncn2C. The third-order valence-corrected chi connectivity index (χ3v) is 4.84. The Bertz CT molecular complexity index is 1070. The number of nitrogens with one attached hydrogen (secondary N) is 1. The van der Waals surface area contributed by atoms with Gasteiger partial charge in [-0.25, -0.2) is 19.3 Å². The highest BCUT2D eigenvalue weighted by molar-refractivity contribution is 7.21. The van der Waals surface area contributed by atoms with E-state index >= 15 is 0 Å². The Morgan fingerprint density at radius 3 is 2.79 bits per heavy atom. The van der Waals surface area contributed by atoms with Gasteiger partial charge in [0.05, 0.1) is 13.4 Å².